The van der Waals surface area contributed by atoms with Crippen LogP contribution < -0.4 is 10.1 Å². The maximum absolute atomic E-state index is 14.4. The molecule has 0 aliphatic carbocycles. The second kappa shape index (κ2) is 12.0. The summed E-state index contributed by atoms with van der Waals surface area (Å²) in [5, 5.41) is 2.64. The van der Waals surface area contributed by atoms with Crippen molar-refractivity contribution in [3.63, 3.8) is 0 Å². The summed E-state index contributed by atoms with van der Waals surface area (Å²) in [5.74, 6) is -4.85. The number of nitrogens with one attached hydrogen (secondary N) is 1. The standard InChI is InChI=1S/C24H23F7N6O2S/c1-13-21(17(40-36-13)6-16-8-33-18(9-32-16)24(29,30)31)22(38)35-15-2-3-20(34-7-15)39-11-14-4-5-37(10-19(25)26)12-23(14,27)28/h2-3,7-9,14,19H,4-6,10-12H2,1H3,(H,35,38). The lowest BCUT2D eigenvalue weighted by Crippen LogP contribution is -2.51. The fraction of sp³-hybridized carbons (Fsp3) is 0.458. The lowest BCUT2D eigenvalue weighted by atomic mass is 9.93. The molecule has 1 amide bonds. The molecular weight excluding hydrogens is 569 g/mol. The van der Waals surface area contributed by atoms with Gasteiger partial charge in [0.05, 0.1) is 60.6 Å². The number of alkyl halides is 7. The third-order valence-electron chi connectivity index (χ3n) is 6.15. The van der Waals surface area contributed by atoms with Crippen LogP contribution in [0.25, 0.3) is 0 Å². The van der Waals surface area contributed by atoms with Gasteiger partial charge in [0.15, 0.2) is 5.69 Å². The van der Waals surface area contributed by atoms with Crippen LogP contribution in [0.2, 0.25) is 0 Å². The zero-order valence-corrected chi connectivity index (χ0v) is 21.7. The summed E-state index contributed by atoms with van der Waals surface area (Å²) < 4.78 is 102. The number of carbonyl (C=O) groups excluding carboxylic acids is 1. The third kappa shape index (κ3) is 7.41. The summed E-state index contributed by atoms with van der Waals surface area (Å²) in [6, 6.07) is 2.84. The first-order valence-electron chi connectivity index (χ1n) is 11.9. The van der Waals surface area contributed by atoms with Gasteiger partial charge < -0.3 is 10.1 Å². The van der Waals surface area contributed by atoms with Crippen LogP contribution in [-0.2, 0) is 12.6 Å². The van der Waals surface area contributed by atoms with E-state index in [9.17, 15) is 35.5 Å². The van der Waals surface area contributed by atoms with Gasteiger partial charge in [-0.15, -0.1) is 0 Å². The Morgan fingerprint density at radius 3 is 2.58 bits per heavy atom. The highest BCUT2D eigenvalue weighted by Crippen LogP contribution is 2.34. The number of aromatic nitrogens is 4. The Labute approximate surface area is 227 Å². The molecular formula is C24H23F7N6O2S. The van der Waals surface area contributed by atoms with Gasteiger partial charge in [0.25, 0.3) is 18.3 Å². The molecule has 3 aromatic heterocycles. The predicted octanol–water partition coefficient (Wildman–Crippen LogP) is 5.10. The van der Waals surface area contributed by atoms with Crippen molar-refractivity contribution in [1.82, 2.24) is 24.2 Å². The molecule has 0 aromatic carbocycles. The number of piperidine rings is 1. The van der Waals surface area contributed by atoms with E-state index in [2.05, 4.69) is 24.6 Å². The Balaban J connectivity index is 1.34. The number of hydrogen-bond acceptors (Lipinski definition) is 8. The van der Waals surface area contributed by atoms with E-state index >= 15 is 0 Å². The molecule has 1 atom stereocenters. The number of anilines is 1. The number of nitrogens with zero attached hydrogens (tertiary/aromatic N) is 5. The van der Waals surface area contributed by atoms with Gasteiger partial charge in [0.1, 0.15) is 0 Å². The topological polar surface area (TPSA) is 93.1 Å². The minimum Gasteiger partial charge on any atom is -0.477 e. The van der Waals surface area contributed by atoms with E-state index in [1.807, 2.05) is 0 Å². The van der Waals surface area contributed by atoms with Crippen LogP contribution in [0.4, 0.5) is 36.4 Å². The number of pyridine rings is 1. The number of amides is 1. The summed E-state index contributed by atoms with van der Waals surface area (Å²) >= 11 is 1.01. The molecule has 0 saturated carbocycles. The molecule has 0 spiro atoms. The Hall–Kier alpha value is -3.40. The summed E-state index contributed by atoms with van der Waals surface area (Å²) in [5.41, 5.74) is 0.00448. The summed E-state index contributed by atoms with van der Waals surface area (Å²) in [6.45, 7) is -0.116. The molecule has 1 unspecified atom stereocenters. The normalized spacial score (nSPS) is 17.7. The molecule has 16 heteroatoms. The van der Waals surface area contributed by atoms with Gasteiger partial charge in [0.2, 0.25) is 5.88 Å². The Morgan fingerprint density at radius 1 is 1.20 bits per heavy atom. The summed E-state index contributed by atoms with van der Waals surface area (Å²) in [6.07, 6.45) is -4.40. The molecule has 1 N–H and O–H groups in total. The quantitative estimate of drug-likeness (QED) is 0.346. The number of likely N-dealkylation sites (tertiary alicyclic amines) is 1. The van der Waals surface area contributed by atoms with Crippen molar-refractivity contribution >= 4 is 23.1 Å². The van der Waals surface area contributed by atoms with E-state index in [0.29, 0.717) is 16.8 Å². The molecule has 216 valence electrons. The molecule has 1 fully saturated rings. The highest BCUT2D eigenvalue weighted by atomic mass is 32.1. The fourth-order valence-corrected chi connectivity index (χ4v) is 5.00. The van der Waals surface area contributed by atoms with E-state index < -0.39 is 49.1 Å². The van der Waals surface area contributed by atoms with Gasteiger partial charge in [-0.3, -0.25) is 14.7 Å². The van der Waals surface area contributed by atoms with Crippen molar-refractivity contribution < 1.29 is 40.3 Å². The zero-order valence-electron chi connectivity index (χ0n) is 20.9. The first kappa shape index (κ1) is 29.6. The van der Waals surface area contributed by atoms with Crippen LogP contribution in [0.15, 0.2) is 30.7 Å². The van der Waals surface area contributed by atoms with Crippen molar-refractivity contribution in [3.05, 3.63) is 58.2 Å². The third-order valence-corrected chi connectivity index (χ3v) is 7.08. The molecule has 3 aromatic rings. The van der Waals surface area contributed by atoms with Crippen molar-refractivity contribution in [2.24, 2.45) is 5.92 Å². The van der Waals surface area contributed by atoms with Crippen LogP contribution in [0.5, 0.6) is 5.88 Å². The first-order valence-corrected chi connectivity index (χ1v) is 12.7. The average Bonchev–Trinajstić information content (AvgIpc) is 3.23. The lowest BCUT2D eigenvalue weighted by molar-refractivity contribution is -0.141. The maximum atomic E-state index is 14.4. The van der Waals surface area contributed by atoms with Crippen LogP contribution in [0, 0.1) is 12.8 Å². The molecule has 1 saturated heterocycles. The lowest BCUT2D eigenvalue weighted by Gasteiger charge is -2.37. The number of aryl methyl sites for hydroxylation is 1. The smallest absolute Gasteiger partial charge is 0.434 e. The van der Waals surface area contributed by atoms with Crippen LogP contribution in [0.1, 0.15) is 38.7 Å². The average molecular weight is 593 g/mol. The molecule has 4 rings (SSSR count). The SMILES string of the molecule is Cc1nsc(Cc2cnc(C(F)(F)F)cn2)c1C(=O)Nc1ccc(OCC2CCN(CC(F)F)CC2(F)F)nc1. The fourth-order valence-electron chi connectivity index (χ4n) is 4.12. The van der Waals surface area contributed by atoms with E-state index in [4.69, 9.17) is 4.74 Å². The van der Waals surface area contributed by atoms with E-state index in [1.165, 1.54) is 18.3 Å². The van der Waals surface area contributed by atoms with E-state index in [-0.39, 0.29) is 48.8 Å². The molecule has 8 nitrogen and oxygen atoms in total. The highest BCUT2D eigenvalue weighted by Gasteiger charge is 2.45. The Bertz CT molecular complexity index is 1300. The minimum atomic E-state index is -4.62. The number of rotatable bonds is 9. The van der Waals surface area contributed by atoms with Gasteiger partial charge >= 0.3 is 6.18 Å². The first-order chi connectivity index (χ1) is 18.8. The van der Waals surface area contributed by atoms with Crippen LogP contribution in [0.3, 0.4) is 0 Å². The largest absolute Gasteiger partial charge is 0.477 e. The maximum Gasteiger partial charge on any atom is 0.434 e. The molecule has 0 bridgehead atoms. The minimum absolute atomic E-state index is 0.0116. The van der Waals surface area contributed by atoms with Crippen molar-refractivity contribution in [1.29, 1.82) is 0 Å². The van der Waals surface area contributed by atoms with Crippen LogP contribution in [-0.4, -0.2) is 68.7 Å². The predicted molar refractivity (Wildman–Crippen MR) is 130 cm³/mol. The van der Waals surface area contributed by atoms with E-state index in [0.717, 1.165) is 22.6 Å². The molecule has 0 radical (unpaired) electrons. The van der Waals surface area contributed by atoms with Crippen molar-refractivity contribution in [3.8, 4) is 5.88 Å². The van der Waals surface area contributed by atoms with Crippen molar-refractivity contribution in [2.45, 2.75) is 38.3 Å². The number of hydrogen-bond donors (Lipinski definition) is 1. The molecule has 40 heavy (non-hydrogen) atoms. The number of halogens is 7. The second-order valence-corrected chi connectivity index (χ2v) is 10.0. The van der Waals surface area contributed by atoms with Crippen LogP contribution >= 0.6 is 11.5 Å². The number of carbonyl (C=O) groups is 1. The number of ether oxygens (including phenoxy) is 1. The molecule has 1 aliphatic heterocycles. The Kier molecular flexibility index (Phi) is 8.87. The van der Waals surface area contributed by atoms with Gasteiger partial charge in [-0.1, -0.05) is 0 Å². The van der Waals surface area contributed by atoms with E-state index in [1.54, 1.807) is 6.92 Å². The van der Waals surface area contributed by atoms with Gasteiger partial charge in [-0.25, -0.2) is 27.5 Å². The van der Waals surface area contributed by atoms with Gasteiger partial charge in [-0.05, 0) is 37.5 Å². The molecule has 4 heterocycles. The highest BCUT2D eigenvalue weighted by molar-refractivity contribution is 7.06. The summed E-state index contributed by atoms with van der Waals surface area (Å²) in [4.78, 5) is 25.6. The van der Waals surface area contributed by atoms with Gasteiger partial charge in [-0.2, -0.15) is 17.5 Å². The van der Waals surface area contributed by atoms with Gasteiger partial charge in [0, 0.05) is 23.6 Å². The summed E-state index contributed by atoms with van der Waals surface area (Å²) in [7, 11) is 0. The Morgan fingerprint density at radius 2 is 1.98 bits per heavy atom. The zero-order chi connectivity index (χ0) is 29.1. The molecule has 1 aliphatic rings. The second-order valence-electron chi connectivity index (χ2n) is 9.16. The monoisotopic (exact) mass is 592 g/mol. The van der Waals surface area contributed by atoms with Crippen molar-refractivity contribution in [2.75, 3.05) is 31.6 Å².